The molecule has 34 heavy (non-hydrogen) atoms. The summed E-state index contributed by atoms with van der Waals surface area (Å²) in [5.74, 6) is 0.885. The molecule has 0 radical (unpaired) electrons. The molecule has 0 aliphatic rings. The van der Waals surface area contributed by atoms with Crippen LogP contribution in [0.3, 0.4) is 0 Å². The van der Waals surface area contributed by atoms with Crippen LogP contribution in [0.4, 0.5) is 5.82 Å². The number of anilines is 1. The van der Waals surface area contributed by atoms with Crippen LogP contribution in [0.15, 0.2) is 83.9 Å². The van der Waals surface area contributed by atoms with E-state index < -0.39 is 0 Å². The minimum atomic E-state index is -0.332. The van der Waals surface area contributed by atoms with Gasteiger partial charge in [0.15, 0.2) is 5.69 Å². The standard InChI is InChI=1S/C27H21ClN4O2/c1-3-18-9-10-25(29-15-18)30-27(33)23-11-17(2)32(31-23)16-21-13-22(28)12-20-14-24(34-26(20)21)19-7-5-4-6-8-19/h3-15H,1,16H2,2H3,(H,29,30,33). The van der Waals surface area contributed by atoms with Gasteiger partial charge in [0.25, 0.3) is 5.91 Å². The molecule has 1 amide bonds. The molecule has 1 N–H and O–H groups in total. The Hall–Kier alpha value is -4.16. The molecule has 3 heterocycles. The Bertz CT molecular complexity index is 1500. The Morgan fingerprint density at radius 3 is 2.71 bits per heavy atom. The molecule has 0 bridgehead atoms. The highest BCUT2D eigenvalue weighted by molar-refractivity contribution is 6.31. The van der Waals surface area contributed by atoms with Crippen LogP contribution >= 0.6 is 11.6 Å². The fourth-order valence-electron chi connectivity index (χ4n) is 3.77. The first-order valence-corrected chi connectivity index (χ1v) is 11.1. The van der Waals surface area contributed by atoms with Crippen molar-refractivity contribution < 1.29 is 9.21 Å². The second-order valence-corrected chi connectivity index (χ2v) is 8.36. The number of carbonyl (C=O) groups excluding carboxylic acids is 1. The summed E-state index contributed by atoms with van der Waals surface area (Å²) in [5.41, 5.74) is 4.63. The van der Waals surface area contributed by atoms with Crippen molar-refractivity contribution in [1.29, 1.82) is 0 Å². The van der Waals surface area contributed by atoms with Gasteiger partial charge in [-0.25, -0.2) is 4.98 Å². The maximum atomic E-state index is 12.7. The van der Waals surface area contributed by atoms with Crippen molar-refractivity contribution in [2.24, 2.45) is 0 Å². The number of carbonyl (C=O) groups is 1. The smallest absolute Gasteiger partial charge is 0.277 e. The number of hydrogen-bond donors (Lipinski definition) is 1. The lowest BCUT2D eigenvalue weighted by Gasteiger charge is -2.06. The molecule has 0 atom stereocenters. The maximum absolute atomic E-state index is 12.7. The normalized spacial score (nSPS) is 11.0. The number of halogens is 1. The van der Waals surface area contributed by atoms with Crippen LogP contribution in [-0.2, 0) is 6.54 Å². The van der Waals surface area contributed by atoms with Crippen LogP contribution < -0.4 is 5.32 Å². The van der Waals surface area contributed by atoms with Crippen LogP contribution in [-0.4, -0.2) is 20.7 Å². The van der Waals surface area contributed by atoms with Gasteiger partial charge in [-0.1, -0.05) is 54.6 Å². The lowest BCUT2D eigenvalue weighted by atomic mass is 10.1. The number of pyridine rings is 1. The molecule has 5 rings (SSSR count). The lowest BCUT2D eigenvalue weighted by Crippen LogP contribution is -2.14. The van der Waals surface area contributed by atoms with Crippen LogP contribution in [0, 0.1) is 6.92 Å². The molecular weight excluding hydrogens is 448 g/mol. The summed E-state index contributed by atoms with van der Waals surface area (Å²) >= 11 is 6.40. The monoisotopic (exact) mass is 468 g/mol. The molecule has 0 unspecified atom stereocenters. The second kappa shape index (κ2) is 9.00. The molecule has 0 aliphatic heterocycles. The number of aromatic nitrogens is 3. The first-order valence-electron chi connectivity index (χ1n) is 10.7. The Kier molecular flexibility index (Phi) is 5.74. The predicted molar refractivity (Wildman–Crippen MR) is 135 cm³/mol. The number of amides is 1. The number of furan rings is 1. The minimum absolute atomic E-state index is 0.301. The van der Waals surface area contributed by atoms with Crippen molar-refractivity contribution in [3.63, 3.8) is 0 Å². The van der Waals surface area contributed by atoms with Crippen molar-refractivity contribution in [2.75, 3.05) is 5.32 Å². The average Bonchev–Trinajstić information content (AvgIpc) is 3.44. The molecule has 0 aliphatic carbocycles. The Balaban J connectivity index is 1.42. The van der Waals surface area contributed by atoms with Crippen molar-refractivity contribution in [3.05, 3.63) is 107 Å². The average molecular weight is 469 g/mol. The zero-order valence-corrected chi connectivity index (χ0v) is 19.2. The molecule has 168 valence electrons. The van der Waals surface area contributed by atoms with E-state index >= 15 is 0 Å². The topological polar surface area (TPSA) is 73.0 Å². The number of fused-ring (bicyclic) bond motifs is 1. The third-order valence-electron chi connectivity index (χ3n) is 5.51. The molecule has 3 aromatic heterocycles. The van der Waals surface area contributed by atoms with E-state index in [9.17, 15) is 4.79 Å². The maximum Gasteiger partial charge on any atom is 0.277 e. The molecule has 6 nitrogen and oxygen atoms in total. The molecule has 0 saturated carbocycles. The number of benzene rings is 2. The van der Waals surface area contributed by atoms with Crippen molar-refractivity contribution in [3.8, 4) is 11.3 Å². The summed E-state index contributed by atoms with van der Waals surface area (Å²) in [7, 11) is 0. The highest BCUT2D eigenvalue weighted by Crippen LogP contribution is 2.32. The number of rotatable bonds is 6. The number of nitrogens with one attached hydrogen (secondary N) is 1. The second-order valence-electron chi connectivity index (χ2n) is 7.92. The minimum Gasteiger partial charge on any atom is -0.456 e. The molecule has 7 heteroatoms. The molecule has 0 saturated heterocycles. The van der Waals surface area contributed by atoms with Gasteiger partial charge in [0.2, 0.25) is 0 Å². The van der Waals surface area contributed by atoms with Crippen LogP contribution in [0.5, 0.6) is 0 Å². The van der Waals surface area contributed by atoms with Gasteiger partial charge in [0.1, 0.15) is 17.2 Å². The summed E-state index contributed by atoms with van der Waals surface area (Å²) in [6.45, 7) is 6.01. The summed E-state index contributed by atoms with van der Waals surface area (Å²) in [6, 6.07) is 21.0. The fraction of sp³-hybridized carbons (Fsp3) is 0.0741. The molecule has 0 spiro atoms. The van der Waals surface area contributed by atoms with Gasteiger partial charge >= 0.3 is 0 Å². The van der Waals surface area contributed by atoms with Gasteiger partial charge in [0.05, 0.1) is 6.54 Å². The number of aryl methyl sites for hydroxylation is 1. The zero-order chi connectivity index (χ0) is 23.7. The third kappa shape index (κ3) is 4.36. The van der Waals surface area contributed by atoms with Gasteiger partial charge in [-0.2, -0.15) is 5.10 Å². The van der Waals surface area contributed by atoms with Crippen LogP contribution in [0.25, 0.3) is 28.4 Å². The fourth-order valence-corrected chi connectivity index (χ4v) is 4.02. The SMILES string of the molecule is C=Cc1ccc(NC(=O)c2cc(C)n(Cc3cc(Cl)cc4cc(-c5ccccc5)oc34)n2)nc1. The molecule has 5 aromatic rings. The van der Waals surface area contributed by atoms with Crippen molar-refractivity contribution >= 4 is 40.4 Å². The van der Waals surface area contributed by atoms with Gasteiger partial charge in [0, 0.05) is 33.4 Å². The lowest BCUT2D eigenvalue weighted by molar-refractivity contribution is 0.102. The number of hydrogen-bond acceptors (Lipinski definition) is 4. The van der Waals surface area contributed by atoms with E-state index in [1.165, 1.54) is 0 Å². The highest BCUT2D eigenvalue weighted by Gasteiger charge is 2.16. The van der Waals surface area contributed by atoms with E-state index in [2.05, 4.69) is 22.0 Å². The summed E-state index contributed by atoms with van der Waals surface area (Å²) in [5, 5.41) is 8.81. The summed E-state index contributed by atoms with van der Waals surface area (Å²) in [4.78, 5) is 16.9. The van der Waals surface area contributed by atoms with Gasteiger partial charge in [-0.3, -0.25) is 9.48 Å². The Morgan fingerprint density at radius 2 is 1.97 bits per heavy atom. The summed E-state index contributed by atoms with van der Waals surface area (Å²) in [6.07, 6.45) is 3.34. The van der Waals surface area contributed by atoms with Crippen molar-refractivity contribution in [1.82, 2.24) is 14.8 Å². The van der Waals surface area contributed by atoms with Crippen LogP contribution in [0.1, 0.15) is 27.3 Å². The van der Waals surface area contributed by atoms with Gasteiger partial charge in [-0.05, 0) is 48.9 Å². The Labute approximate surface area is 201 Å². The van der Waals surface area contributed by atoms with E-state index in [0.29, 0.717) is 23.1 Å². The van der Waals surface area contributed by atoms with Gasteiger partial charge < -0.3 is 9.73 Å². The zero-order valence-electron chi connectivity index (χ0n) is 18.5. The van der Waals surface area contributed by atoms with Crippen LogP contribution in [0.2, 0.25) is 5.02 Å². The third-order valence-corrected chi connectivity index (χ3v) is 5.73. The quantitative estimate of drug-likeness (QED) is 0.305. The van der Waals surface area contributed by atoms with E-state index in [4.69, 9.17) is 16.0 Å². The number of nitrogens with zero attached hydrogens (tertiary/aromatic N) is 3. The molecule has 0 fully saturated rings. The predicted octanol–water partition coefficient (Wildman–Crippen LogP) is 6.60. The molecule has 2 aromatic carbocycles. The Morgan fingerprint density at radius 1 is 1.15 bits per heavy atom. The van der Waals surface area contributed by atoms with E-state index in [1.54, 1.807) is 29.1 Å². The summed E-state index contributed by atoms with van der Waals surface area (Å²) < 4.78 is 7.97. The van der Waals surface area contributed by atoms with E-state index in [1.807, 2.05) is 61.5 Å². The largest absolute Gasteiger partial charge is 0.456 e. The van der Waals surface area contributed by atoms with Gasteiger partial charge in [-0.15, -0.1) is 0 Å². The first-order chi connectivity index (χ1) is 16.5. The van der Waals surface area contributed by atoms with Crippen molar-refractivity contribution in [2.45, 2.75) is 13.5 Å². The molecular formula is C27H21ClN4O2. The highest BCUT2D eigenvalue weighted by atomic mass is 35.5. The first kappa shape index (κ1) is 21.7. The van der Waals surface area contributed by atoms with E-state index in [-0.39, 0.29) is 5.91 Å². The van der Waals surface area contributed by atoms with E-state index in [0.717, 1.165) is 39.1 Å².